The molecule has 0 bridgehead atoms. The molecule has 3 nitrogen and oxygen atoms in total. The van der Waals surface area contributed by atoms with E-state index in [0.29, 0.717) is 0 Å². The largest absolute Gasteiger partial charge is 0.396 e. The molecule has 1 aliphatic rings. The van der Waals surface area contributed by atoms with E-state index >= 15 is 0 Å². The van der Waals surface area contributed by atoms with E-state index < -0.39 is 0 Å². The minimum atomic E-state index is 0.0987. The normalized spacial score (nSPS) is 19.9. The van der Waals surface area contributed by atoms with Crippen LogP contribution in [0.3, 0.4) is 0 Å². The van der Waals surface area contributed by atoms with Crippen molar-refractivity contribution in [2.24, 2.45) is 10.9 Å². The van der Waals surface area contributed by atoms with Gasteiger partial charge in [0.2, 0.25) is 0 Å². The van der Waals surface area contributed by atoms with E-state index in [1.165, 1.54) is 11.1 Å². The summed E-state index contributed by atoms with van der Waals surface area (Å²) in [6, 6.07) is 10.4. The van der Waals surface area contributed by atoms with Gasteiger partial charge in [0.1, 0.15) is 6.17 Å². The van der Waals surface area contributed by atoms with Gasteiger partial charge in [0.15, 0.2) is 0 Å². The number of aliphatic hydroxyl groups is 1. The summed E-state index contributed by atoms with van der Waals surface area (Å²) in [5, 5.41) is 12.7. The van der Waals surface area contributed by atoms with Gasteiger partial charge in [0, 0.05) is 18.7 Å². The van der Waals surface area contributed by atoms with Gasteiger partial charge in [-0.3, -0.25) is 10.3 Å². The lowest BCUT2D eigenvalue weighted by atomic mass is 9.99. The molecule has 2 atom stereocenters. The van der Waals surface area contributed by atoms with E-state index in [9.17, 15) is 5.11 Å². The summed E-state index contributed by atoms with van der Waals surface area (Å²) in [6.45, 7) is 3.24. The van der Waals surface area contributed by atoms with Gasteiger partial charge in [-0.05, 0) is 24.8 Å². The predicted octanol–water partition coefficient (Wildman–Crippen LogP) is 3.12. The number of hydrogen-bond donors (Lipinski definition) is 2. The molecule has 1 heterocycles. The zero-order valence-corrected chi connectivity index (χ0v) is 13.3. The Hall–Kier alpha value is -1.71. The van der Waals surface area contributed by atoms with Crippen LogP contribution in [0.15, 0.2) is 59.1 Å². The van der Waals surface area contributed by atoms with Crippen LogP contribution in [-0.4, -0.2) is 30.6 Å². The Kier molecular flexibility index (Phi) is 7.07. The van der Waals surface area contributed by atoms with Gasteiger partial charge < -0.3 is 5.11 Å². The van der Waals surface area contributed by atoms with Crippen molar-refractivity contribution in [2.75, 3.05) is 13.2 Å². The van der Waals surface area contributed by atoms with Gasteiger partial charge in [0.25, 0.3) is 0 Å². The van der Waals surface area contributed by atoms with Crippen LogP contribution in [0.25, 0.3) is 0 Å². The van der Waals surface area contributed by atoms with Crippen LogP contribution >= 0.6 is 0 Å². The number of aliphatic hydroxyl groups excluding tert-OH is 1. The van der Waals surface area contributed by atoms with Crippen molar-refractivity contribution in [1.82, 2.24) is 5.32 Å². The van der Waals surface area contributed by atoms with E-state index in [2.05, 4.69) is 59.7 Å². The fraction of sp³-hybridized carbons (Fsp3) is 0.421. The van der Waals surface area contributed by atoms with Crippen LogP contribution < -0.4 is 5.32 Å². The number of nitrogens with zero attached hydrogens (tertiary/aromatic N) is 1. The average molecular weight is 298 g/mol. The third kappa shape index (κ3) is 6.37. The van der Waals surface area contributed by atoms with Crippen LogP contribution in [0.4, 0.5) is 0 Å². The molecule has 2 unspecified atom stereocenters. The molecule has 2 rings (SSSR count). The van der Waals surface area contributed by atoms with Gasteiger partial charge in [-0.15, -0.1) is 0 Å². The summed E-state index contributed by atoms with van der Waals surface area (Å²) < 4.78 is 0. The second-order valence-electron chi connectivity index (χ2n) is 5.65. The van der Waals surface area contributed by atoms with E-state index in [1.54, 1.807) is 0 Å². The Morgan fingerprint density at radius 2 is 2.18 bits per heavy atom. The van der Waals surface area contributed by atoms with Crippen LogP contribution in [0.2, 0.25) is 0 Å². The molecular weight excluding hydrogens is 272 g/mol. The highest BCUT2D eigenvalue weighted by Crippen LogP contribution is 2.14. The Labute approximate surface area is 133 Å². The average Bonchev–Trinajstić information content (AvgIpc) is 3.36. The molecule has 0 radical (unpaired) electrons. The minimum absolute atomic E-state index is 0.0987. The molecular formula is C19H26N2O. The standard InChI is InChI=1S/C19H26N2O/c1-2-7-17(11-6-10-16-8-4-3-5-9-16)12-18(15-22)13-20-19-14-21-19/h3-9,11,13,18-19,21-22H,2,10,12,14-15H2,1H3/b11-6-,17-7+,20-13?. The zero-order valence-electron chi connectivity index (χ0n) is 13.3. The number of aliphatic imine (C=N–C) groups is 1. The second kappa shape index (κ2) is 9.34. The lowest BCUT2D eigenvalue weighted by molar-refractivity contribution is 0.263. The SMILES string of the molecule is CC/C=C(\C=C/Cc1ccccc1)CC(C=NC1CN1)CO. The lowest BCUT2D eigenvalue weighted by Crippen LogP contribution is -2.09. The van der Waals surface area contributed by atoms with E-state index in [0.717, 1.165) is 25.8 Å². The van der Waals surface area contributed by atoms with E-state index in [-0.39, 0.29) is 18.7 Å². The second-order valence-corrected chi connectivity index (χ2v) is 5.65. The first-order chi connectivity index (χ1) is 10.8. The highest BCUT2D eigenvalue weighted by atomic mass is 16.3. The quantitative estimate of drug-likeness (QED) is 0.418. The Morgan fingerprint density at radius 1 is 1.41 bits per heavy atom. The molecule has 1 aliphatic heterocycles. The van der Waals surface area contributed by atoms with Crippen LogP contribution in [-0.2, 0) is 6.42 Å². The number of hydrogen-bond acceptors (Lipinski definition) is 3. The maximum Gasteiger partial charge on any atom is 0.112 e. The Bertz CT molecular complexity index is 515. The molecule has 1 aromatic carbocycles. The molecule has 0 amide bonds. The maximum absolute atomic E-state index is 9.52. The number of rotatable bonds is 9. The first-order valence-electron chi connectivity index (χ1n) is 8.09. The van der Waals surface area contributed by atoms with E-state index in [1.807, 2.05) is 12.3 Å². The van der Waals surface area contributed by atoms with Crippen molar-refractivity contribution in [2.45, 2.75) is 32.4 Å². The third-order valence-electron chi connectivity index (χ3n) is 3.59. The maximum atomic E-state index is 9.52. The minimum Gasteiger partial charge on any atom is -0.396 e. The number of benzene rings is 1. The molecule has 0 aromatic heterocycles. The van der Waals surface area contributed by atoms with Crippen molar-refractivity contribution >= 4 is 6.21 Å². The smallest absolute Gasteiger partial charge is 0.112 e. The van der Waals surface area contributed by atoms with Crippen LogP contribution in [0.5, 0.6) is 0 Å². The first-order valence-corrected chi connectivity index (χ1v) is 8.09. The summed E-state index contributed by atoms with van der Waals surface area (Å²) in [6.07, 6.45) is 11.6. The third-order valence-corrected chi connectivity index (χ3v) is 3.59. The topological polar surface area (TPSA) is 54.5 Å². The fourth-order valence-electron chi connectivity index (χ4n) is 2.29. The van der Waals surface area contributed by atoms with Gasteiger partial charge >= 0.3 is 0 Å². The lowest BCUT2D eigenvalue weighted by Gasteiger charge is -2.09. The molecule has 1 fully saturated rings. The Balaban J connectivity index is 1.89. The van der Waals surface area contributed by atoms with Crippen molar-refractivity contribution in [3.8, 4) is 0 Å². The summed E-state index contributed by atoms with van der Waals surface area (Å²) in [5.74, 6) is 0.0987. The highest BCUT2D eigenvalue weighted by Gasteiger charge is 2.18. The molecule has 2 N–H and O–H groups in total. The summed E-state index contributed by atoms with van der Waals surface area (Å²) in [5.41, 5.74) is 2.59. The first kappa shape index (κ1) is 16.7. The van der Waals surface area contributed by atoms with Gasteiger partial charge in [-0.1, -0.05) is 61.1 Å². The fourth-order valence-corrected chi connectivity index (χ4v) is 2.29. The van der Waals surface area contributed by atoms with Gasteiger partial charge in [-0.2, -0.15) is 0 Å². The number of nitrogens with one attached hydrogen (secondary N) is 1. The summed E-state index contributed by atoms with van der Waals surface area (Å²) in [4.78, 5) is 4.40. The molecule has 1 saturated heterocycles. The van der Waals surface area contributed by atoms with Crippen molar-refractivity contribution in [3.63, 3.8) is 0 Å². The monoisotopic (exact) mass is 298 g/mol. The van der Waals surface area contributed by atoms with Gasteiger partial charge in [-0.25, -0.2) is 0 Å². The van der Waals surface area contributed by atoms with Crippen LogP contribution in [0, 0.1) is 5.92 Å². The van der Waals surface area contributed by atoms with Crippen LogP contribution in [0.1, 0.15) is 25.3 Å². The van der Waals surface area contributed by atoms with Crippen molar-refractivity contribution in [3.05, 3.63) is 59.7 Å². The van der Waals surface area contributed by atoms with Crippen molar-refractivity contribution < 1.29 is 5.11 Å². The molecule has 0 spiro atoms. The van der Waals surface area contributed by atoms with Crippen molar-refractivity contribution in [1.29, 1.82) is 0 Å². The molecule has 0 aliphatic carbocycles. The highest BCUT2D eigenvalue weighted by molar-refractivity contribution is 5.62. The molecule has 3 heteroatoms. The van der Waals surface area contributed by atoms with Gasteiger partial charge in [0.05, 0.1) is 6.61 Å². The molecule has 118 valence electrons. The summed E-state index contributed by atoms with van der Waals surface area (Å²) >= 11 is 0. The molecule has 22 heavy (non-hydrogen) atoms. The Morgan fingerprint density at radius 3 is 2.82 bits per heavy atom. The predicted molar refractivity (Wildman–Crippen MR) is 93.1 cm³/mol. The molecule has 1 aromatic rings. The zero-order chi connectivity index (χ0) is 15.6. The van der Waals surface area contributed by atoms with E-state index in [4.69, 9.17) is 0 Å². The summed E-state index contributed by atoms with van der Waals surface area (Å²) in [7, 11) is 0. The number of allylic oxidation sites excluding steroid dienone is 4. The molecule has 0 saturated carbocycles.